The number of rotatable bonds is 2. The van der Waals surface area contributed by atoms with Crippen molar-refractivity contribution in [2.45, 2.75) is 0 Å². The van der Waals surface area contributed by atoms with E-state index in [2.05, 4.69) is 0 Å². The largest absolute Gasteiger partial charge is 0.478 e. The summed E-state index contributed by atoms with van der Waals surface area (Å²) in [6, 6.07) is 5.26. The topological polar surface area (TPSA) is 55.8 Å². The number of fused-ring (bicyclic) bond motifs is 1. The van der Waals surface area contributed by atoms with E-state index in [1.54, 1.807) is 18.2 Å². The Bertz CT molecular complexity index is 400. The molecule has 1 N–H and O–H groups in total. The lowest BCUT2D eigenvalue weighted by Gasteiger charge is -1.96. The van der Waals surface area contributed by atoms with E-state index in [9.17, 15) is 4.79 Å². The number of carbonyl (C=O) groups is 1. The van der Waals surface area contributed by atoms with Gasteiger partial charge in [-0.25, -0.2) is 4.79 Å². The molecular formula is C10H9ClO4. The number of ether oxygens (including phenoxy) is 2. The van der Waals surface area contributed by atoms with Crippen LogP contribution < -0.4 is 9.47 Å². The van der Waals surface area contributed by atoms with Gasteiger partial charge in [-0.1, -0.05) is 6.07 Å². The summed E-state index contributed by atoms with van der Waals surface area (Å²) < 4.78 is 10.3. The fraction of sp³-hybridized carbons (Fsp3) is 0.100. The van der Waals surface area contributed by atoms with E-state index >= 15 is 0 Å². The van der Waals surface area contributed by atoms with Crippen molar-refractivity contribution in [1.29, 1.82) is 0 Å². The minimum Gasteiger partial charge on any atom is -0.478 e. The molecule has 0 aliphatic carbocycles. The molecule has 0 spiro atoms. The van der Waals surface area contributed by atoms with Crippen LogP contribution in [-0.2, 0) is 4.79 Å². The number of hydrogen-bond donors (Lipinski definition) is 1. The minimum atomic E-state index is -0.970. The number of benzene rings is 1. The van der Waals surface area contributed by atoms with Gasteiger partial charge in [-0.2, -0.15) is 0 Å². The third kappa shape index (κ3) is 2.63. The van der Waals surface area contributed by atoms with Crippen LogP contribution in [0, 0.1) is 0 Å². The van der Waals surface area contributed by atoms with Crippen LogP contribution in [0.25, 0.3) is 6.08 Å². The molecule has 15 heavy (non-hydrogen) atoms. The first-order valence-corrected chi connectivity index (χ1v) is 4.06. The number of halogens is 1. The lowest BCUT2D eigenvalue weighted by Crippen LogP contribution is -1.92. The Labute approximate surface area is 92.5 Å². The Kier molecular flexibility index (Phi) is 3.57. The van der Waals surface area contributed by atoms with Crippen LogP contribution in [0.15, 0.2) is 24.3 Å². The van der Waals surface area contributed by atoms with Crippen molar-refractivity contribution >= 4 is 24.5 Å². The predicted octanol–water partition coefficient (Wildman–Crippen LogP) is 1.93. The first-order chi connectivity index (χ1) is 6.75. The molecule has 4 nitrogen and oxygen atoms in total. The highest BCUT2D eigenvalue weighted by Crippen LogP contribution is 2.32. The molecule has 2 rings (SSSR count). The van der Waals surface area contributed by atoms with Gasteiger partial charge in [-0.15, -0.1) is 12.4 Å². The van der Waals surface area contributed by atoms with Gasteiger partial charge in [-0.3, -0.25) is 0 Å². The third-order valence-electron chi connectivity index (χ3n) is 1.81. The normalized spacial score (nSPS) is 12.5. The second-order valence-electron chi connectivity index (χ2n) is 2.78. The van der Waals surface area contributed by atoms with Gasteiger partial charge in [0.2, 0.25) is 6.79 Å². The van der Waals surface area contributed by atoms with Crippen LogP contribution >= 0.6 is 12.4 Å². The van der Waals surface area contributed by atoms with Crippen LogP contribution in [0.4, 0.5) is 0 Å². The molecule has 0 unspecified atom stereocenters. The Morgan fingerprint density at radius 2 is 2.07 bits per heavy atom. The van der Waals surface area contributed by atoms with Gasteiger partial charge in [0.25, 0.3) is 0 Å². The smallest absolute Gasteiger partial charge is 0.328 e. The maximum absolute atomic E-state index is 10.3. The average molecular weight is 229 g/mol. The van der Waals surface area contributed by atoms with E-state index in [1.807, 2.05) is 0 Å². The van der Waals surface area contributed by atoms with Crippen molar-refractivity contribution in [1.82, 2.24) is 0 Å². The van der Waals surface area contributed by atoms with Crippen molar-refractivity contribution in [3.8, 4) is 11.5 Å². The highest BCUT2D eigenvalue weighted by Gasteiger charge is 2.12. The fourth-order valence-corrected chi connectivity index (χ4v) is 1.18. The first kappa shape index (κ1) is 11.4. The van der Waals surface area contributed by atoms with Crippen molar-refractivity contribution < 1.29 is 19.4 Å². The van der Waals surface area contributed by atoms with E-state index in [0.717, 1.165) is 11.6 Å². The molecule has 0 radical (unpaired) electrons. The summed E-state index contributed by atoms with van der Waals surface area (Å²) >= 11 is 0. The number of hydrogen-bond acceptors (Lipinski definition) is 3. The van der Waals surface area contributed by atoms with Gasteiger partial charge in [0.1, 0.15) is 0 Å². The molecule has 1 aromatic rings. The summed E-state index contributed by atoms with van der Waals surface area (Å²) in [5, 5.41) is 8.43. The highest BCUT2D eigenvalue weighted by molar-refractivity contribution is 5.85. The summed E-state index contributed by atoms with van der Waals surface area (Å²) in [6.07, 6.45) is 2.59. The molecule has 0 saturated heterocycles. The second-order valence-corrected chi connectivity index (χ2v) is 2.78. The van der Waals surface area contributed by atoms with Crippen LogP contribution in [0.3, 0.4) is 0 Å². The molecule has 0 fully saturated rings. The fourth-order valence-electron chi connectivity index (χ4n) is 1.18. The van der Waals surface area contributed by atoms with Crippen LogP contribution in [-0.4, -0.2) is 17.9 Å². The van der Waals surface area contributed by atoms with Gasteiger partial charge in [0, 0.05) is 6.08 Å². The van der Waals surface area contributed by atoms with Gasteiger partial charge in [0.15, 0.2) is 11.5 Å². The summed E-state index contributed by atoms with van der Waals surface area (Å²) in [6.45, 7) is 0.224. The van der Waals surface area contributed by atoms with E-state index in [1.165, 1.54) is 6.08 Å². The Morgan fingerprint density at radius 1 is 1.33 bits per heavy atom. The minimum absolute atomic E-state index is 0. The molecule has 0 amide bonds. The molecule has 5 heteroatoms. The van der Waals surface area contributed by atoms with E-state index in [-0.39, 0.29) is 19.2 Å². The number of carboxylic acid groups (broad SMARTS) is 1. The zero-order valence-electron chi connectivity index (χ0n) is 7.67. The molecule has 0 atom stereocenters. The Balaban J connectivity index is 0.00000112. The molecule has 80 valence electrons. The van der Waals surface area contributed by atoms with Crippen molar-refractivity contribution in [2.75, 3.05) is 6.79 Å². The van der Waals surface area contributed by atoms with Crippen molar-refractivity contribution in [2.24, 2.45) is 0 Å². The van der Waals surface area contributed by atoms with Crippen molar-refractivity contribution in [3.05, 3.63) is 29.8 Å². The zero-order valence-corrected chi connectivity index (χ0v) is 8.49. The summed E-state index contributed by atoms with van der Waals surface area (Å²) in [5.74, 6) is 0.373. The quantitative estimate of drug-likeness (QED) is 0.786. The van der Waals surface area contributed by atoms with Gasteiger partial charge in [0.05, 0.1) is 0 Å². The number of aliphatic carboxylic acids is 1. The van der Waals surface area contributed by atoms with Gasteiger partial charge >= 0.3 is 5.97 Å². The molecule has 0 aromatic heterocycles. The first-order valence-electron chi connectivity index (χ1n) is 4.06. The average Bonchev–Trinajstić information content (AvgIpc) is 2.61. The van der Waals surface area contributed by atoms with E-state index in [0.29, 0.717) is 11.5 Å². The van der Waals surface area contributed by atoms with Crippen LogP contribution in [0.5, 0.6) is 11.5 Å². The summed E-state index contributed by atoms with van der Waals surface area (Å²) in [5.41, 5.74) is 0.775. The molecule has 1 aliphatic heterocycles. The second kappa shape index (κ2) is 4.70. The molecule has 1 aromatic carbocycles. The highest BCUT2D eigenvalue weighted by atomic mass is 35.5. The lowest BCUT2D eigenvalue weighted by molar-refractivity contribution is -0.131. The van der Waals surface area contributed by atoms with Gasteiger partial charge in [-0.05, 0) is 23.8 Å². The van der Waals surface area contributed by atoms with E-state index < -0.39 is 5.97 Å². The van der Waals surface area contributed by atoms with Crippen LogP contribution in [0.1, 0.15) is 5.56 Å². The summed E-state index contributed by atoms with van der Waals surface area (Å²) in [4.78, 5) is 10.3. The zero-order chi connectivity index (χ0) is 9.97. The molecular weight excluding hydrogens is 220 g/mol. The van der Waals surface area contributed by atoms with Crippen molar-refractivity contribution in [3.63, 3.8) is 0 Å². The predicted molar refractivity (Wildman–Crippen MR) is 56.5 cm³/mol. The lowest BCUT2D eigenvalue weighted by atomic mass is 10.2. The summed E-state index contributed by atoms with van der Waals surface area (Å²) in [7, 11) is 0. The Morgan fingerprint density at radius 3 is 2.80 bits per heavy atom. The molecule has 0 bridgehead atoms. The van der Waals surface area contributed by atoms with Crippen LogP contribution in [0.2, 0.25) is 0 Å². The number of carboxylic acids is 1. The standard InChI is InChI=1S/C10H8O4.ClH/c11-10(12)4-2-7-1-3-8-9(5-7)14-6-13-8;/h1-5H,6H2,(H,11,12);1H/b4-2+;. The maximum Gasteiger partial charge on any atom is 0.328 e. The molecule has 0 saturated carbocycles. The van der Waals surface area contributed by atoms with E-state index in [4.69, 9.17) is 14.6 Å². The monoisotopic (exact) mass is 228 g/mol. The maximum atomic E-state index is 10.3. The Hall–Kier alpha value is -1.68. The van der Waals surface area contributed by atoms with Gasteiger partial charge < -0.3 is 14.6 Å². The third-order valence-corrected chi connectivity index (χ3v) is 1.81. The SMILES string of the molecule is Cl.O=C(O)/C=C/c1ccc2c(c1)OCO2. The molecule has 1 aliphatic rings. The molecule has 1 heterocycles.